The highest BCUT2D eigenvalue weighted by Gasteiger charge is 2.33. The van der Waals surface area contributed by atoms with Crippen molar-refractivity contribution in [3.05, 3.63) is 58.2 Å². The van der Waals surface area contributed by atoms with E-state index in [2.05, 4.69) is 5.32 Å². The van der Waals surface area contributed by atoms with Gasteiger partial charge in [0.2, 0.25) is 0 Å². The minimum atomic E-state index is -0.299. The summed E-state index contributed by atoms with van der Waals surface area (Å²) in [5.74, 6) is -0.653. The molecule has 0 radical (unpaired) electrons. The lowest BCUT2D eigenvalue weighted by atomic mass is 9.79. The molecule has 0 spiro atoms. The van der Waals surface area contributed by atoms with Gasteiger partial charge in [0, 0.05) is 48.0 Å². The van der Waals surface area contributed by atoms with Gasteiger partial charge in [0.15, 0.2) is 17.8 Å². The van der Waals surface area contributed by atoms with E-state index < -0.39 is 0 Å². The summed E-state index contributed by atoms with van der Waals surface area (Å²) in [5.41, 5.74) is 1.92. The molecule has 0 aliphatic heterocycles. The van der Waals surface area contributed by atoms with Gasteiger partial charge in [-0.3, -0.25) is 14.4 Å². The van der Waals surface area contributed by atoms with Crippen molar-refractivity contribution in [3.63, 3.8) is 0 Å². The van der Waals surface area contributed by atoms with Crippen LogP contribution in [0.5, 0.6) is 0 Å². The highest BCUT2D eigenvalue weighted by atomic mass is 16.2. The summed E-state index contributed by atoms with van der Waals surface area (Å²) in [6, 6.07) is 4.62. The van der Waals surface area contributed by atoms with E-state index in [0.29, 0.717) is 41.8 Å². The number of amides is 1. The van der Waals surface area contributed by atoms with Gasteiger partial charge in [-0.05, 0) is 37.5 Å². The van der Waals surface area contributed by atoms with E-state index in [0.717, 1.165) is 12.8 Å². The first-order chi connectivity index (χ1) is 12.5. The van der Waals surface area contributed by atoms with Gasteiger partial charge in [0.25, 0.3) is 5.91 Å². The number of nitrogens with zero attached hydrogens (tertiary/aromatic N) is 2. The van der Waals surface area contributed by atoms with Crippen LogP contribution < -0.4 is 5.32 Å². The third-order valence-corrected chi connectivity index (χ3v) is 4.54. The van der Waals surface area contributed by atoms with Crippen LogP contribution in [0.4, 0.5) is 0 Å². The van der Waals surface area contributed by atoms with E-state index in [1.807, 2.05) is 12.3 Å². The predicted molar refractivity (Wildman–Crippen MR) is 95.7 cm³/mol. The van der Waals surface area contributed by atoms with Gasteiger partial charge < -0.3 is 10.2 Å². The normalized spacial score (nSPS) is 15.2. The zero-order chi connectivity index (χ0) is 18.7. The van der Waals surface area contributed by atoms with Gasteiger partial charge >= 0.3 is 0 Å². The number of allylic oxidation sites excluding steroid dienone is 4. The van der Waals surface area contributed by atoms with E-state index in [-0.39, 0.29) is 23.0 Å². The first kappa shape index (κ1) is 17.6. The molecular formula is C20H19N3O3. The van der Waals surface area contributed by atoms with Crippen molar-refractivity contribution in [3.8, 4) is 6.19 Å². The highest BCUT2D eigenvalue weighted by molar-refractivity contribution is 6.31. The molecule has 1 aromatic carbocycles. The average Bonchev–Trinajstić information content (AvgIpc) is 2.68. The molecule has 2 aliphatic rings. The van der Waals surface area contributed by atoms with Crippen molar-refractivity contribution in [2.75, 3.05) is 20.1 Å². The number of carbonyl (C=O) groups is 3. The summed E-state index contributed by atoms with van der Waals surface area (Å²) < 4.78 is 0. The Morgan fingerprint density at radius 1 is 1.15 bits per heavy atom. The molecule has 1 aromatic rings. The van der Waals surface area contributed by atoms with Crippen molar-refractivity contribution < 1.29 is 14.4 Å². The van der Waals surface area contributed by atoms with E-state index in [4.69, 9.17) is 5.26 Å². The summed E-state index contributed by atoms with van der Waals surface area (Å²) in [7, 11) is 1.68. The van der Waals surface area contributed by atoms with Crippen LogP contribution in [0, 0.1) is 11.5 Å². The molecule has 132 valence electrons. The topological polar surface area (TPSA) is 90.3 Å². The molecule has 6 nitrogen and oxygen atoms in total. The number of Topliss-reactive ketones (excluding diaryl/α,β-unsaturated/α-hetero) is 2. The first-order valence-electron chi connectivity index (χ1n) is 8.56. The monoisotopic (exact) mass is 349 g/mol. The Bertz CT molecular complexity index is 890. The first-order valence-corrected chi connectivity index (χ1v) is 8.56. The third-order valence-electron chi connectivity index (χ3n) is 4.54. The molecule has 3 rings (SSSR count). The van der Waals surface area contributed by atoms with Crippen LogP contribution in [-0.4, -0.2) is 42.5 Å². The summed E-state index contributed by atoms with van der Waals surface area (Å²) >= 11 is 0. The van der Waals surface area contributed by atoms with Crippen LogP contribution >= 0.6 is 0 Å². The number of carbonyl (C=O) groups excluding carboxylic acids is 3. The average molecular weight is 349 g/mol. The predicted octanol–water partition coefficient (Wildman–Crippen LogP) is 2.24. The molecule has 0 unspecified atom stereocenters. The van der Waals surface area contributed by atoms with Crippen LogP contribution in [-0.2, 0) is 0 Å². The Balaban J connectivity index is 1.76. The lowest BCUT2D eigenvalue weighted by Gasteiger charge is -2.22. The van der Waals surface area contributed by atoms with Crippen LogP contribution in [0.3, 0.4) is 0 Å². The minimum Gasteiger partial charge on any atom is -0.352 e. The molecule has 0 saturated carbocycles. The van der Waals surface area contributed by atoms with E-state index >= 15 is 0 Å². The number of ketones is 2. The Hall–Kier alpha value is -3.20. The smallest absolute Gasteiger partial charge is 0.251 e. The second kappa shape index (κ2) is 7.36. The van der Waals surface area contributed by atoms with Crippen LogP contribution in [0.15, 0.2) is 41.5 Å². The Kier molecular flexibility index (Phi) is 4.99. The summed E-state index contributed by atoms with van der Waals surface area (Å²) in [6.07, 6.45) is 7.75. The maximum atomic E-state index is 12.7. The molecule has 0 aromatic heterocycles. The molecule has 0 fully saturated rings. The molecular weight excluding hydrogens is 330 g/mol. The molecule has 0 atom stereocenters. The van der Waals surface area contributed by atoms with Crippen molar-refractivity contribution in [2.45, 2.75) is 19.3 Å². The zero-order valence-electron chi connectivity index (χ0n) is 14.5. The highest BCUT2D eigenvalue weighted by Crippen LogP contribution is 2.33. The standard InChI is InChI=1S/C20H19N3O3/c1-23(12-21)10-4-9-22-20(26)13-7-8-16-17(11-13)19(25)15-6-3-2-5-14(15)18(16)24/h5-8,11H,2-4,9-10H2,1H3,(H,22,26). The molecule has 0 saturated heterocycles. The van der Waals surface area contributed by atoms with E-state index in [1.165, 1.54) is 11.0 Å². The SMILES string of the molecule is CN(C#N)CCCNC(=O)c1ccc2c(c1)C(=O)C1=CCCC=C1C2=O. The van der Waals surface area contributed by atoms with Crippen molar-refractivity contribution in [1.29, 1.82) is 5.26 Å². The van der Waals surface area contributed by atoms with Gasteiger partial charge in [-0.2, -0.15) is 5.26 Å². The molecule has 1 amide bonds. The number of rotatable bonds is 5. The van der Waals surface area contributed by atoms with Gasteiger partial charge in [-0.1, -0.05) is 12.2 Å². The third kappa shape index (κ3) is 3.29. The van der Waals surface area contributed by atoms with Gasteiger partial charge in [-0.15, -0.1) is 0 Å². The van der Waals surface area contributed by atoms with Crippen molar-refractivity contribution in [2.24, 2.45) is 0 Å². The molecule has 0 heterocycles. The summed E-state index contributed by atoms with van der Waals surface area (Å²) in [5, 5.41) is 11.5. The second-order valence-corrected chi connectivity index (χ2v) is 6.36. The Labute approximate surface area is 151 Å². The van der Waals surface area contributed by atoms with Crippen LogP contribution in [0.1, 0.15) is 50.3 Å². The lowest BCUT2D eigenvalue weighted by Crippen LogP contribution is -2.28. The fourth-order valence-electron chi connectivity index (χ4n) is 3.14. The minimum absolute atomic E-state index is 0.156. The number of benzene rings is 1. The largest absolute Gasteiger partial charge is 0.352 e. The van der Waals surface area contributed by atoms with E-state index in [9.17, 15) is 14.4 Å². The summed E-state index contributed by atoms with van der Waals surface area (Å²) in [6.45, 7) is 0.976. The van der Waals surface area contributed by atoms with E-state index in [1.54, 1.807) is 25.3 Å². The molecule has 1 N–H and O–H groups in total. The van der Waals surface area contributed by atoms with Gasteiger partial charge in [0.1, 0.15) is 0 Å². The number of hydrogen-bond donors (Lipinski definition) is 1. The Morgan fingerprint density at radius 3 is 2.46 bits per heavy atom. The summed E-state index contributed by atoms with van der Waals surface area (Å²) in [4.78, 5) is 39.1. The number of fused-ring (bicyclic) bond motifs is 2. The molecule has 2 aliphatic carbocycles. The van der Waals surface area contributed by atoms with Crippen molar-refractivity contribution in [1.82, 2.24) is 10.2 Å². The number of nitriles is 1. The maximum Gasteiger partial charge on any atom is 0.251 e. The Morgan fingerprint density at radius 2 is 1.81 bits per heavy atom. The molecule has 26 heavy (non-hydrogen) atoms. The maximum absolute atomic E-state index is 12.7. The van der Waals surface area contributed by atoms with Crippen molar-refractivity contribution >= 4 is 17.5 Å². The van der Waals surface area contributed by atoms with Crippen LogP contribution in [0.2, 0.25) is 0 Å². The molecule has 6 heteroatoms. The number of hydrogen-bond acceptors (Lipinski definition) is 5. The number of nitrogens with one attached hydrogen (secondary N) is 1. The second-order valence-electron chi connectivity index (χ2n) is 6.36. The van der Waals surface area contributed by atoms with Crippen LogP contribution in [0.25, 0.3) is 0 Å². The quantitative estimate of drug-likeness (QED) is 0.500. The lowest BCUT2D eigenvalue weighted by molar-refractivity contribution is 0.0949. The van der Waals surface area contributed by atoms with Gasteiger partial charge in [-0.25, -0.2) is 0 Å². The fourth-order valence-corrected chi connectivity index (χ4v) is 3.14. The molecule has 0 bridgehead atoms. The zero-order valence-corrected chi connectivity index (χ0v) is 14.5. The fraction of sp³-hybridized carbons (Fsp3) is 0.300. The van der Waals surface area contributed by atoms with Gasteiger partial charge in [0.05, 0.1) is 0 Å².